The molecule has 0 fully saturated rings. The van der Waals surface area contributed by atoms with E-state index in [-0.39, 0.29) is 0 Å². The van der Waals surface area contributed by atoms with Crippen molar-refractivity contribution < 1.29 is 0 Å². The van der Waals surface area contributed by atoms with Gasteiger partial charge in [-0.15, -0.1) is 0 Å². The van der Waals surface area contributed by atoms with Crippen LogP contribution in [0.3, 0.4) is 0 Å². The zero-order valence-electron chi connectivity index (χ0n) is 8.17. The van der Waals surface area contributed by atoms with Gasteiger partial charge in [-0.2, -0.15) is 5.26 Å². The Morgan fingerprint density at radius 3 is 2.83 bits per heavy atom. The van der Waals surface area contributed by atoms with Crippen LogP contribution in [0.25, 0.3) is 0 Å². The molecule has 0 bridgehead atoms. The van der Waals surface area contributed by atoms with E-state index >= 15 is 0 Å². The number of hydrogen-bond donors (Lipinski definition) is 0. The van der Waals surface area contributed by atoms with E-state index in [2.05, 4.69) is 32.9 Å². The van der Waals surface area contributed by atoms with Gasteiger partial charge in [-0.3, -0.25) is 0 Å². The van der Waals surface area contributed by atoms with Crippen LogP contribution >= 0.6 is 0 Å². The molecule has 0 aromatic heterocycles. The van der Waals surface area contributed by atoms with Gasteiger partial charge in [-0.05, 0) is 31.1 Å². The topological polar surface area (TPSA) is 23.8 Å². The minimum atomic E-state index is 0.554. The molecule has 0 spiro atoms. The van der Waals surface area contributed by atoms with E-state index in [0.29, 0.717) is 24.2 Å². The SMILES string of the molecule is CC1=CC[C@H]([C@@H](C)CC#N)[C@@H]1C. The van der Waals surface area contributed by atoms with E-state index in [1.165, 1.54) is 12.0 Å². The maximum absolute atomic E-state index is 8.58. The fourth-order valence-corrected chi connectivity index (χ4v) is 2.07. The van der Waals surface area contributed by atoms with Crippen LogP contribution in [0.15, 0.2) is 11.6 Å². The van der Waals surface area contributed by atoms with Crippen molar-refractivity contribution in [3.63, 3.8) is 0 Å². The lowest BCUT2D eigenvalue weighted by Crippen LogP contribution is -2.15. The molecule has 66 valence electrons. The van der Waals surface area contributed by atoms with Gasteiger partial charge < -0.3 is 0 Å². The summed E-state index contributed by atoms with van der Waals surface area (Å²) in [7, 11) is 0. The van der Waals surface area contributed by atoms with Gasteiger partial charge in [0.15, 0.2) is 0 Å². The van der Waals surface area contributed by atoms with Crippen LogP contribution in [0.2, 0.25) is 0 Å². The smallest absolute Gasteiger partial charge is 0.0624 e. The molecular formula is C11H17N. The first-order valence-electron chi connectivity index (χ1n) is 4.70. The molecule has 0 amide bonds. The van der Waals surface area contributed by atoms with Crippen molar-refractivity contribution in [3.05, 3.63) is 11.6 Å². The summed E-state index contributed by atoms with van der Waals surface area (Å²) in [5.74, 6) is 1.96. The quantitative estimate of drug-likeness (QED) is 0.574. The highest BCUT2D eigenvalue weighted by Crippen LogP contribution is 2.37. The summed E-state index contributed by atoms with van der Waals surface area (Å²) in [6.45, 7) is 6.66. The standard InChI is InChI=1S/C11H17N/c1-8-4-5-11(10(8)3)9(2)6-7-12/h4,9-11H,5-6H2,1-3H3/t9-,10+,11+/m0/s1. The minimum Gasteiger partial charge on any atom is -0.198 e. The number of rotatable bonds is 2. The van der Waals surface area contributed by atoms with Crippen molar-refractivity contribution in [3.8, 4) is 6.07 Å². The molecule has 12 heavy (non-hydrogen) atoms. The van der Waals surface area contributed by atoms with Gasteiger partial charge in [0.05, 0.1) is 6.07 Å². The van der Waals surface area contributed by atoms with Crippen molar-refractivity contribution in [1.29, 1.82) is 5.26 Å². The second-order valence-corrected chi connectivity index (χ2v) is 3.98. The fraction of sp³-hybridized carbons (Fsp3) is 0.727. The van der Waals surface area contributed by atoms with Crippen molar-refractivity contribution in [1.82, 2.24) is 0 Å². The first-order chi connectivity index (χ1) is 5.66. The van der Waals surface area contributed by atoms with Crippen LogP contribution in [0.5, 0.6) is 0 Å². The molecule has 3 atom stereocenters. The average Bonchev–Trinajstić information content (AvgIpc) is 2.34. The Balaban J connectivity index is 2.52. The van der Waals surface area contributed by atoms with Crippen molar-refractivity contribution in [2.24, 2.45) is 17.8 Å². The summed E-state index contributed by atoms with van der Waals surface area (Å²) in [5.41, 5.74) is 1.50. The molecular weight excluding hydrogens is 146 g/mol. The van der Waals surface area contributed by atoms with Gasteiger partial charge in [0, 0.05) is 6.42 Å². The number of hydrogen-bond acceptors (Lipinski definition) is 1. The Labute approximate surface area is 75.1 Å². The molecule has 0 aliphatic heterocycles. The molecule has 1 heteroatoms. The van der Waals surface area contributed by atoms with Crippen LogP contribution in [-0.4, -0.2) is 0 Å². The minimum absolute atomic E-state index is 0.554. The van der Waals surface area contributed by atoms with E-state index in [4.69, 9.17) is 5.26 Å². The van der Waals surface area contributed by atoms with E-state index in [0.717, 1.165) is 0 Å². The third-order valence-electron chi connectivity index (χ3n) is 3.22. The van der Waals surface area contributed by atoms with Gasteiger partial charge in [-0.25, -0.2) is 0 Å². The molecule has 1 aliphatic carbocycles. The average molecular weight is 163 g/mol. The Hall–Kier alpha value is -0.770. The van der Waals surface area contributed by atoms with E-state index in [9.17, 15) is 0 Å². The molecule has 1 rings (SSSR count). The lowest BCUT2D eigenvalue weighted by Gasteiger charge is -2.22. The summed E-state index contributed by atoms with van der Waals surface area (Å²) in [4.78, 5) is 0. The van der Waals surface area contributed by atoms with Crippen molar-refractivity contribution >= 4 is 0 Å². The predicted molar refractivity (Wildman–Crippen MR) is 50.4 cm³/mol. The van der Waals surface area contributed by atoms with Gasteiger partial charge in [0.25, 0.3) is 0 Å². The van der Waals surface area contributed by atoms with Crippen LogP contribution in [0, 0.1) is 29.1 Å². The highest BCUT2D eigenvalue weighted by molar-refractivity contribution is 5.12. The van der Waals surface area contributed by atoms with Gasteiger partial charge >= 0.3 is 0 Å². The molecule has 1 aliphatic rings. The Morgan fingerprint density at radius 2 is 2.42 bits per heavy atom. The van der Waals surface area contributed by atoms with Gasteiger partial charge in [0.2, 0.25) is 0 Å². The van der Waals surface area contributed by atoms with Crippen LogP contribution in [0.1, 0.15) is 33.6 Å². The second kappa shape index (κ2) is 3.76. The van der Waals surface area contributed by atoms with Crippen LogP contribution < -0.4 is 0 Å². The fourth-order valence-electron chi connectivity index (χ4n) is 2.07. The van der Waals surface area contributed by atoms with Crippen molar-refractivity contribution in [2.45, 2.75) is 33.6 Å². The first-order valence-corrected chi connectivity index (χ1v) is 4.70. The largest absolute Gasteiger partial charge is 0.198 e. The highest BCUT2D eigenvalue weighted by atomic mass is 14.3. The highest BCUT2D eigenvalue weighted by Gasteiger charge is 2.27. The first kappa shape index (κ1) is 9.32. The van der Waals surface area contributed by atoms with Crippen molar-refractivity contribution in [2.75, 3.05) is 0 Å². The lowest BCUT2D eigenvalue weighted by molar-refractivity contribution is 0.310. The summed E-state index contributed by atoms with van der Waals surface area (Å²) in [6.07, 6.45) is 4.20. The van der Waals surface area contributed by atoms with Crippen LogP contribution in [0.4, 0.5) is 0 Å². The number of allylic oxidation sites excluding steroid dienone is 2. The molecule has 0 saturated carbocycles. The molecule has 0 N–H and O–H groups in total. The lowest BCUT2D eigenvalue weighted by atomic mass is 9.82. The molecule has 0 unspecified atom stereocenters. The molecule has 1 nitrogen and oxygen atoms in total. The zero-order chi connectivity index (χ0) is 9.14. The predicted octanol–water partition coefficient (Wildman–Crippen LogP) is 3.14. The summed E-state index contributed by atoms with van der Waals surface area (Å²) in [5, 5.41) is 8.58. The summed E-state index contributed by atoms with van der Waals surface area (Å²) in [6, 6.07) is 2.26. The number of nitrogens with zero attached hydrogens (tertiary/aromatic N) is 1. The summed E-state index contributed by atoms with van der Waals surface area (Å²) >= 11 is 0. The molecule has 0 aromatic carbocycles. The third kappa shape index (κ3) is 1.69. The third-order valence-corrected chi connectivity index (χ3v) is 3.22. The zero-order valence-corrected chi connectivity index (χ0v) is 8.17. The van der Waals surface area contributed by atoms with Gasteiger partial charge in [0.1, 0.15) is 0 Å². The van der Waals surface area contributed by atoms with Gasteiger partial charge in [-0.1, -0.05) is 25.5 Å². The molecule has 0 saturated heterocycles. The number of nitriles is 1. The van der Waals surface area contributed by atoms with E-state index < -0.39 is 0 Å². The molecule has 0 heterocycles. The Morgan fingerprint density at radius 1 is 1.75 bits per heavy atom. The Kier molecular flexibility index (Phi) is 2.92. The van der Waals surface area contributed by atoms with Crippen LogP contribution in [-0.2, 0) is 0 Å². The van der Waals surface area contributed by atoms with E-state index in [1.807, 2.05) is 0 Å². The summed E-state index contributed by atoms with van der Waals surface area (Å²) < 4.78 is 0. The normalized spacial score (nSPS) is 31.0. The Bertz CT molecular complexity index is 222. The second-order valence-electron chi connectivity index (χ2n) is 3.98. The molecule has 0 radical (unpaired) electrons. The monoisotopic (exact) mass is 163 g/mol. The maximum Gasteiger partial charge on any atom is 0.0624 e. The maximum atomic E-state index is 8.58. The molecule has 0 aromatic rings. The van der Waals surface area contributed by atoms with E-state index in [1.54, 1.807) is 0 Å².